The Bertz CT molecular complexity index is 5150. The average Bonchev–Trinajstić information content (AvgIpc) is 1.61. The first-order chi connectivity index (χ1) is 51.1. The summed E-state index contributed by atoms with van der Waals surface area (Å²) in [6.45, 7) is 24.6. The monoisotopic (exact) mass is 1540 g/mol. The van der Waals surface area contributed by atoms with Crippen LogP contribution >= 0.6 is 0 Å². The fourth-order valence-electron chi connectivity index (χ4n) is 13.7. The van der Waals surface area contributed by atoms with Gasteiger partial charge in [-0.2, -0.15) is 0 Å². The standard InChI is InChI=1S/2C21H25N3O3S.C20H23N3O3S.C19H20N2O2S.CH4/c1-6-9-22-21(26)18-11(2)16(23-13(18)4)10-14-19-12(3)17(28(5)27)8-7-15(19)24-20(14)25;1-5-9-22-21(26)19-12(3)18(23-13(19)4)11-16-15-10-14(28(27)6-2)7-8-17(15)24-20(16)25;1-5-8-21-20(25)18-11(2)17(22-12(18)3)10-15-14-9-13(27(4)26)6-7-16(14)23-19(15)24;1-2-24(23)14-7-8-18-15(11-14)16(19(22)21-18)10-13-9-12-5-3-4-6-17(12)20-13;/h7-8,10,23H,6,9H2,1-5H3,(H,22,26)(H,24,25);7-8,10-11,23H,5-6,9H2,1-4H3,(H,22,26)(H,24,25);6-7,9-10,22H,5,8H2,1-4H3,(H,21,25)(H,23,24);7-11,20H,2-6H2,1H3,(H,21,22);1H4/b14-10-;16-11-;15-10-;16-10-;. The SMILES string of the molecule is C.CCCNC(=O)c1c(C)[nH]c(/C=C2\C(=O)Nc3ccc(S(=O)CC)cc32)c1C.CCCNC(=O)c1c(C)[nH]c(/C=C2\C(=O)Nc3ccc(S(C)=O)c(C)c32)c1C.CCCNC(=O)c1c(C)[nH]c(/C=C2\C(=O)Nc3ccc(S(C)=O)cc32)c1C.CCS(=O)c1ccc2c(c1)/C(=C/c1cc3c([nH]1)CCCC3)C(=O)N2. The molecule has 4 atom stereocenters. The summed E-state index contributed by atoms with van der Waals surface area (Å²) in [5.74, 6) is 0.00662. The van der Waals surface area contributed by atoms with E-state index in [-0.39, 0.29) is 48.8 Å². The number of nitrogens with one attached hydrogen (secondary N) is 11. The van der Waals surface area contributed by atoms with Gasteiger partial charge in [0.2, 0.25) is 0 Å². The number of aromatic nitrogens is 4. The van der Waals surface area contributed by atoms with E-state index >= 15 is 0 Å². The molecule has 8 aromatic rings. The molecule has 26 heteroatoms. The average molecular weight is 1540 g/mol. The van der Waals surface area contributed by atoms with E-state index in [9.17, 15) is 50.4 Å². The molecule has 8 heterocycles. The van der Waals surface area contributed by atoms with E-state index in [1.165, 1.54) is 24.1 Å². The number of fused-ring (bicyclic) bond motifs is 5. The van der Waals surface area contributed by atoms with Crippen molar-refractivity contribution >= 4 is 154 Å². The van der Waals surface area contributed by atoms with Crippen molar-refractivity contribution in [2.75, 3.05) is 64.9 Å². The highest BCUT2D eigenvalue weighted by Crippen LogP contribution is 2.41. The molecule has 4 unspecified atom stereocenters. The van der Waals surface area contributed by atoms with Gasteiger partial charge in [-0.05, 0) is 218 Å². The number of carbonyl (C=O) groups is 7. The van der Waals surface area contributed by atoms with Crippen molar-refractivity contribution in [1.82, 2.24) is 35.9 Å². The predicted molar refractivity (Wildman–Crippen MR) is 438 cm³/mol. The third kappa shape index (κ3) is 17.7. The lowest BCUT2D eigenvalue weighted by atomic mass is 9.98. The van der Waals surface area contributed by atoms with Crippen LogP contribution in [0.25, 0.3) is 46.6 Å². The zero-order valence-corrected chi connectivity index (χ0v) is 66.1. The van der Waals surface area contributed by atoms with Gasteiger partial charge in [0.1, 0.15) is 0 Å². The summed E-state index contributed by atoms with van der Waals surface area (Å²) in [4.78, 5) is 103. The van der Waals surface area contributed by atoms with Crippen LogP contribution in [0.5, 0.6) is 0 Å². The molecule has 22 nitrogen and oxygen atoms in total. The number of aromatic amines is 4. The second-order valence-corrected chi connectivity index (χ2v) is 32.9. The maximum Gasteiger partial charge on any atom is 0.256 e. The second-order valence-electron chi connectivity index (χ2n) is 26.7. The van der Waals surface area contributed by atoms with E-state index in [0.717, 1.165) is 127 Å². The van der Waals surface area contributed by atoms with Gasteiger partial charge in [-0.1, -0.05) is 42.0 Å². The molecule has 11 N–H and O–H groups in total. The van der Waals surface area contributed by atoms with E-state index in [2.05, 4.69) is 63.2 Å². The lowest BCUT2D eigenvalue weighted by Gasteiger charge is -2.08. The van der Waals surface area contributed by atoms with E-state index in [1.807, 2.05) is 107 Å². The minimum absolute atomic E-state index is 0. The Kier molecular flexibility index (Phi) is 27.1. The third-order valence-electron chi connectivity index (χ3n) is 19.2. The smallest absolute Gasteiger partial charge is 0.256 e. The molecular weight excluding hydrogens is 1440 g/mol. The Balaban J connectivity index is 0.000000166. The first-order valence-electron chi connectivity index (χ1n) is 35.9. The topological polar surface area (TPSA) is 335 Å². The van der Waals surface area contributed by atoms with Crippen molar-refractivity contribution in [3.8, 4) is 0 Å². The van der Waals surface area contributed by atoms with Crippen LogP contribution < -0.4 is 37.2 Å². The van der Waals surface area contributed by atoms with Gasteiger partial charge in [-0.25, -0.2) is 0 Å². The van der Waals surface area contributed by atoms with Crippen LogP contribution in [0.3, 0.4) is 0 Å². The van der Waals surface area contributed by atoms with Crippen molar-refractivity contribution in [3.05, 3.63) is 185 Å². The molecule has 108 heavy (non-hydrogen) atoms. The van der Waals surface area contributed by atoms with E-state index in [0.29, 0.717) is 102 Å². The van der Waals surface area contributed by atoms with Crippen molar-refractivity contribution in [2.45, 2.75) is 155 Å². The number of amides is 7. The summed E-state index contributed by atoms with van der Waals surface area (Å²) < 4.78 is 48.0. The van der Waals surface area contributed by atoms with E-state index in [4.69, 9.17) is 0 Å². The molecule has 0 fully saturated rings. The van der Waals surface area contributed by atoms with Gasteiger partial charge in [0.25, 0.3) is 41.4 Å². The zero-order chi connectivity index (χ0) is 77.4. The highest BCUT2D eigenvalue weighted by molar-refractivity contribution is 7.85. The van der Waals surface area contributed by atoms with Crippen molar-refractivity contribution in [1.29, 1.82) is 0 Å². The molecule has 0 spiro atoms. The number of aryl methyl sites for hydroxylation is 5. The molecule has 0 bridgehead atoms. The van der Waals surface area contributed by atoms with Crippen LogP contribution in [-0.2, 0) is 75.2 Å². The van der Waals surface area contributed by atoms with E-state index < -0.39 is 43.2 Å². The Morgan fingerprint density at radius 1 is 0.426 bits per heavy atom. The van der Waals surface area contributed by atoms with Gasteiger partial charge >= 0.3 is 0 Å². The van der Waals surface area contributed by atoms with Crippen LogP contribution in [0.2, 0.25) is 0 Å². The molecule has 4 aromatic heterocycles. The summed E-state index contributed by atoms with van der Waals surface area (Å²) in [7, 11) is -4.40. The molecule has 570 valence electrons. The largest absolute Gasteiger partial charge is 0.359 e. The molecule has 0 saturated heterocycles. The number of H-pyrrole nitrogens is 4. The first-order valence-corrected chi connectivity index (χ1v) is 41.6. The van der Waals surface area contributed by atoms with Gasteiger partial charge in [0.15, 0.2) is 0 Å². The fourth-order valence-corrected chi connectivity index (χ4v) is 16.6. The minimum Gasteiger partial charge on any atom is -0.359 e. The lowest BCUT2D eigenvalue weighted by molar-refractivity contribution is -0.111. The molecule has 4 aromatic carbocycles. The fraction of sp³-hybridized carbons (Fsp3) is 0.329. The van der Waals surface area contributed by atoms with Crippen LogP contribution in [0.15, 0.2) is 92.4 Å². The highest BCUT2D eigenvalue weighted by atomic mass is 32.2. The predicted octanol–water partition coefficient (Wildman–Crippen LogP) is 13.9. The molecule has 5 aliphatic rings. The quantitative estimate of drug-likeness (QED) is 0.0338. The summed E-state index contributed by atoms with van der Waals surface area (Å²) in [6.07, 6.45) is 17.7. The zero-order valence-electron chi connectivity index (χ0n) is 62.8. The number of hydrogen-bond donors (Lipinski definition) is 11. The molecule has 4 aliphatic heterocycles. The normalized spacial score (nSPS) is 16.1. The first kappa shape index (κ1) is 81.9. The minimum atomic E-state index is -1.15. The Morgan fingerprint density at radius 2 is 0.787 bits per heavy atom. The van der Waals surface area contributed by atoms with Gasteiger partial charge in [0.05, 0.1) is 71.4 Å². The molecule has 0 radical (unpaired) electrons. The molecular formula is C82H97N11O11S4. The summed E-state index contributed by atoms with van der Waals surface area (Å²) in [6, 6.07) is 21.9. The Labute approximate surface area is 641 Å². The van der Waals surface area contributed by atoms with Gasteiger partial charge in [0, 0.05) is 165 Å². The summed E-state index contributed by atoms with van der Waals surface area (Å²) >= 11 is 0. The van der Waals surface area contributed by atoms with Gasteiger partial charge in [-0.15, -0.1) is 0 Å². The maximum atomic E-state index is 12.6. The number of hydrogen-bond acceptors (Lipinski definition) is 11. The molecule has 7 amide bonds. The van der Waals surface area contributed by atoms with Crippen LogP contribution in [0.4, 0.5) is 22.7 Å². The number of rotatable bonds is 19. The van der Waals surface area contributed by atoms with Crippen molar-refractivity contribution in [3.63, 3.8) is 0 Å². The van der Waals surface area contributed by atoms with Crippen LogP contribution in [0, 0.1) is 48.5 Å². The Hall–Kier alpha value is -10.2. The molecule has 1 aliphatic carbocycles. The second kappa shape index (κ2) is 35.7. The highest BCUT2D eigenvalue weighted by Gasteiger charge is 2.32. The number of benzene rings is 4. The molecule has 0 saturated carbocycles. The number of carbonyl (C=O) groups excluding carboxylic acids is 7. The summed E-state index contributed by atoms with van der Waals surface area (Å²) in [5, 5.41) is 20.1. The molecule has 13 rings (SSSR count). The van der Waals surface area contributed by atoms with Crippen molar-refractivity contribution < 1.29 is 50.4 Å². The van der Waals surface area contributed by atoms with Crippen LogP contribution in [-0.4, -0.2) is 122 Å². The van der Waals surface area contributed by atoms with Crippen molar-refractivity contribution in [2.24, 2.45) is 0 Å². The van der Waals surface area contributed by atoms with Gasteiger partial charge in [-0.3, -0.25) is 50.4 Å². The lowest BCUT2D eigenvalue weighted by Crippen LogP contribution is -2.24. The Morgan fingerprint density at radius 3 is 1.18 bits per heavy atom. The third-order valence-corrected chi connectivity index (χ3v) is 23.8. The van der Waals surface area contributed by atoms with Gasteiger partial charge < -0.3 is 57.2 Å². The summed E-state index contributed by atoms with van der Waals surface area (Å²) in [5.41, 5.74) is 21.2. The van der Waals surface area contributed by atoms with E-state index in [1.54, 1.807) is 79.3 Å². The maximum absolute atomic E-state index is 12.6. The number of anilines is 4. The van der Waals surface area contributed by atoms with Crippen LogP contribution in [0.1, 0.15) is 201 Å².